The van der Waals surface area contributed by atoms with Gasteiger partial charge in [-0.15, -0.1) is 0 Å². The Labute approximate surface area is 371 Å². The number of nitrogens with zero attached hydrogens (tertiary/aromatic N) is 1. The summed E-state index contributed by atoms with van der Waals surface area (Å²) in [7, 11) is 0. The lowest BCUT2D eigenvalue weighted by Crippen LogP contribution is -2.31. The maximum absolute atomic E-state index is 6.15. The number of benzene rings is 10. The number of anilines is 3. The van der Waals surface area contributed by atoms with E-state index in [0.29, 0.717) is 0 Å². The van der Waals surface area contributed by atoms with Crippen molar-refractivity contribution in [2.75, 3.05) is 4.90 Å². The van der Waals surface area contributed by atoms with Gasteiger partial charge >= 0.3 is 0 Å². The van der Waals surface area contributed by atoms with Crippen molar-refractivity contribution < 1.29 is 8.83 Å². The molecular weight excluding hydrogens is 779 g/mol. The number of hydrogen-bond acceptors (Lipinski definition) is 3. The van der Waals surface area contributed by atoms with Crippen LogP contribution in [0.4, 0.5) is 17.1 Å². The largest absolute Gasteiger partial charge is 0.456 e. The second-order valence-electron chi connectivity index (χ2n) is 16.4. The molecule has 12 aromatic rings. The van der Waals surface area contributed by atoms with Gasteiger partial charge in [0.15, 0.2) is 0 Å². The van der Waals surface area contributed by atoms with Gasteiger partial charge in [-0.05, 0) is 117 Å². The third-order valence-electron chi connectivity index (χ3n) is 12.9. The van der Waals surface area contributed by atoms with Gasteiger partial charge in [-0.2, -0.15) is 0 Å². The van der Waals surface area contributed by atoms with Gasteiger partial charge in [0.25, 0.3) is 0 Å². The molecule has 0 aliphatic rings. The summed E-state index contributed by atoms with van der Waals surface area (Å²) in [4.78, 5) is 2.35. The monoisotopic (exact) mass is 819 g/mol. The third kappa shape index (κ3) is 6.29. The van der Waals surface area contributed by atoms with Gasteiger partial charge < -0.3 is 13.7 Å². The molecule has 0 aliphatic heterocycles. The lowest BCUT2D eigenvalue weighted by atomic mass is 9.65. The van der Waals surface area contributed by atoms with Crippen LogP contribution in [0.3, 0.4) is 0 Å². The molecule has 12 rings (SSSR count). The van der Waals surface area contributed by atoms with Crippen LogP contribution < -0.4 is 4.90 Å². The first-order chi connectivity index (χ1) is 31.7. The van der Waals surface area contributed by atoms with Crippen molar-refractivity contribution in [2.24, 2.45) is 0 Å². The lowest BCUT2D eigenvalue weighted by Gasteiger charge is -2.37. The molecule has 0 saturated carbocycles. The summed E-state index contributed by atoms with van der Waals surface area (Å²) < 4.78 is 12.3. The van der Waals surface area contributed by atoms with E-state index in [1.807, 2.05) is 24.3 Å². The highest BCUT2D eigenvalue weighted by Crippen LogP contribution is 2.47. The highest BCUT2D eigenvalue weighted by Gasteiger charge is 2.38. The van der Waals surface area contributed by atoms with Crippen LogP contribution in [0, 0.1) is 0 Å². The van der Waals surface area contributed by atoms with Crippen LogP contribution >= 0.6 is 0 Å². The van der Waals surface area contributed by atoms with Crippen LogP contribution in [0.15, 0.2) is 258 Å². The summed E-state index contributed by atoms with van der Waals surface area (Å²) >= 11 is 0. The lowest BCUT2D eigenvalue weighted by molar-refractivity contribution is 0.668. The summed E-state index contributed by atoms with van der Waals surface area (Å²) in [6, 6.07) is 89.1. The molecule has 0 unspecified atom stereocenters. The van der Waals surface area contributed by atoms with Gasteiger partial charge in [-0.1, -0.05) is 176 Å². The van der Waals surface area contributed by atoms with Crippen molar-refractivity contribution in [3.8, 4) is 22.3 Å². The minimum Gasteiger partial charge on any atom is -0.456 e. The molecule has 302 valence electrons. The summed E-state index contributed by atoms with van der Waals surface area (Å²) in [6.45, 7) is 0. The molecule has 64 heavy (non-hydrogen) atoms. The van der Waals surface area contributed by atoms with Gasteiger partial charge in [-0.3, -0.25) is 0 Å². The van der Waals surface area contributed by atoms with Crippen LogP contribution in [0.5, 0.6) is 0 Å². The summed E-state index contributed by atoms with van der Waals surface area (Å²) in [6.07, 6.45) is 0. The molecule has 10 aromatic carbocycles. The van der Waals surface area contributed by atoms with Crippen molar-refractivity contribution in [3.63, 3.8) is 0 Å². The zero-order chi connectivity index (χ0) is 42.5. The van der Waals surface area contributed by atoms with E-state index in [-0.39, 0.29) is 0 Å². The second kappa shape index (κ2) is 15.5. The topological polar surface area (TPSA) is 29.5 Å². The summed E-state index contributed by atoms with van der Waals surface area (Å²) in [5, 5.41) is 4.50. The molecule has 0 spiro atoms. The van der Waals surface area contributed by atoms with Crippen LogP contribution in [0.1, 0.15) is 22.3 Å². The van der Waals surface area contributed by atoms with Gasteiger partial charge in [0.2, 0.25) is 0 Å². The fraction of sp³-hybridized carbons (Fsp3) is 0.0164. The molecule has 3 nitrogen and oxygen atoms in total. The smallest absolute Gasteiger partial charge is 0.135 e. The van der Waals surface area contributed by atoms with Crippen LogP contribution in [0.25, 0.3) is 66.1 Å². The first kappa shape index (κ1) is 37.4. The zero-order valence-electron chi connectivity index (χ0n) is 34.9. The molecule has 0 fully saturated rings. The molecule has 0 aliphatic carbocycles. The Hall–Kier alpha value is -8.40. The van der Waals surface area contributed by atoms with Crippen molar-refractivity contribution in [3.05, 3.63) is 271 Å². The van der Waals surface area contributed by atoms with Gasteiger partial charge in [0.1, 0.15) is 22.3 Å². The van der Waals surface area contributed by atoms with Gasteiger partial charge in [0.05, 0.1) is 5.41 Å². The zero-order valence-corrected chi connectivity index (χ0v) is 34.9. The van der Waals surface area contributed by atoms with E-state index >= 15 is 0 Å². The standard InChI is InChI=1S/C61H41NO2/c1-4-14-46(15-5-1)61(47-16-6-2-7-17-47,48-18-8-3-9-19-48)49-30-36-52(37-31-49)62(50-32-24-42(25-33-50)44-28-38-59-55(40-44)53-20-10-12-22-57(53)63-59)51-34-26-43(27-35-51)45-29-39-60-56(41-45)54-21-11-13-23-58(54)64-60/h1-41H. The minimum absolute atomic E-state index is 0.542. The van der Waals surface area contributed by atoms with E-state index in [4.69, 9.17) is 8.83 Å². The van der Waals surface area contributed by atoms with E-state index < -0.39 is 5.41 Å². The molecule has 2 heterocycles. The Balaban J connectivity index is 0.972. The first-order valence-electron chi connectivity index (χ1n) is 21.8. The maximum Gasteiger partial charge on any atom is 0.135 e. The van der Waals surface area contributed by atoms with Crippen LogP contribution in [-0.2, 0) is 5.41 Å². The van der Waals surface area contributed by atoms with E-state index in [0.717, 1.165) is 83.2 Å². The number of fused-ring (bicyclic) bond motifs is 6. The average Bonchev–Trinajstić information content (AvgIpc) is 3.94. The van der Waals surface area contributed by atoms with Crippen molar-refractivity contribution in [2.45, 2.75) is 5.41 Å². The Morgan fingerprint density at radius 1 is 0.250 bits per heavy atom. The molecule has 0 saturated heterocycles. The highest BCUT2D eigenvalue weighted by molar-refractivity contribution is 6.07. The van der Waals surface area contributed by atoms with E-state index in [1.165, 1.54) is 22.3 Å². The number of hydrogen-bond donors (Lipinski definition) is 0. The molecule has 0 atom stereocenters. The Bertz CT molecular complexity index is 3320. The van der Waals surface area contributed by atoms with Crippen molar-refractivity contribution in [1.82, 2.24) is 0 Å². The van der Waals surface area contributed by atoms with Crippen molar-refractivity contribution in [1.29, 1.82) is 0 Å². The Morgan fingerprint density at radius 3 is 0.969 bits per heavy atom. The molecule has 3 heteroatoms. The molecule has 2 aromatic heterocycles. The quantitative estimate of drug-likeness (QED) is 0.136. The number of rotatable bonds is 9. The molecular formula is C61H41NO2. The van der Waals surface area contributed by atoms with E-state index in [2.05, 4.69) is 229 Å². The maximum atomic E-state index is 6.15. The molecule has 0 N–H and O–H groups in total. The highest BCUT2D eigenvalue weighted by atomic mass is 16.3. The van der Waals surface area contributed by atoms with Gasteiger partial charge in [0, 0.05) is 38.6 Å². The molecule has 0 amide bonds. The second-order valence-corrected chi connectivity index (χ2v) is 16.4. The van der Waals surface area contributed by atoms with Crippen molar-refractivity contribution >= 4 is 60.9 Å². The fourth-order valence-electron chi connectivity index (χ4n) is 9.79. The first-order valence-corrected chi connectivity index (χ1v) is 21.8. The van der Waals surface area contributed by atoms with E-state index in [9.17, 15) is 0 Å². The summed E-state index contributed by atoms with van der Waals surface area (Å²) in [5.74, 6) is 0. The predicted molar refractivity (Wildman–Crippen MR) is 265 cm³/mol. The number of para-hydroxylation sites is 2. The van der Waals surface area contributed by atoms with Crippen LogP contribution in [-0.4, -0.2) is 0 Å². The summed E-state index contributed by atoms with van der Waals surface area (Å²) in [5.41, 5.74) is 15.6. The Kier molecular flexibility index (Phi) is 9.05. The normalized spacial score (nSPS) is 11.8. The number of furan rings is 2. The van der Waals surface area contributed by atoms with E-state index in [1.54, 1.807) is 0 Å². The fourth-order valence-corrected chi connectivity index (χ4v) is 9.79. The minimum atomic E-state index is -0.542. The molecule has 0 bridgehead atoms. The van der Waals surface area contributed by atoms with Gasteiger partial charge in [-0.25, -0.2) is 0 Å². The average molecular weight is 820 g/mol. The van der Waals surface area contributed by atoms with Crippen LogP contribution in [0.2, 0.25) is 0 Å². The SMILES string of the molecule is c1ccc(C(c2ccccc2)(c2ccccc2)c2ccc(N(c3ccc(-c4ccc5oc6ccccc6c5c4)cc3)c3ccc(-c4ccc5oc6ccccc6c5c4)cc3)cc2)cc1. The third-order valence-corrected chi connectivity index (χ3v) is 12.9. The predicted octanol–water partition coefficient (Wildman–Crippen LogP) is 16.7. The molecule has 0 radical (unpaired) electrons. The Morgan fingerprint density at radius 2 is 0.562 bits per heavy atom.